The predicted molar refractivity (Wildman–Crippen MR) is 370 cm³/mol. The van der Waals surface area contributed by atoms with Crippen molar-refractivity contribution in [2.75, 3.05) is 0 Å². The lowest BCUT2D eigenvalue weighted by molar-refractivity contribution is 0.590. The second kappa shape index (κ2) is 21.8. The van der Waals surface area contributed by atoms with Crippen LogP contribution in [0.4, 0.5) is 0 Å². The van der Waals surface area contributed by atoms with Crippen LogP contribution in [0.2, 0.25) is 0 Å². The van der Waals surface area contributed by atoms with Crippen LogP contribution in [0.15, 0.2) is 206 Å². The molecule has 0 spiro atoms. The molecule has 0 saturated carbocycles. The van der Waals surface area contributed by atoms with E-state index < -0.39 is 0 Å². The number of nitrogens with zero attached hydrogens (tertiary/aromatic N) is 8. The molecule has 0 radical (unpaired) electrons. The van der Waals surface area contributed by atoms with Crippen molar-refractivity contribution in [3.8, 4) is 97.1 Å². The van der Waals surface area contributed by atoms with E-state index >= 15 is 0 Å². The van der Waals surface area contributed by atoms with E-state index in [0.717, 1.165) is 105 Å². The number of aromatic nitrogens is 5. The highest BCUT2D eigenvalue weighted by Gasteiger charge is 2.28. The number of fused-ring (bicyclic) bond motifs is 6. The van der Waals surface area contributed by atoms with Gasteiger partial charge >= 0.3 is 0 Å². The third-order valence-corrected chi connectivity index (χ3v) is 17.7. The van der Waals surface area contributed by atoms with Gasteiger partial charge in [-0.05, 0) is 193 Å². The first kappa shape index (κ1) is 58.3. The van der Waals surface area contributed by atoms with Crippen LogP contribution >= 0.6 is 0 Å². The average Bonchev–Trinajstić information content (AvgIpc) is 1.60. The molecule has 0 aliphatic carbocycles. The van der Waals surface area contributed by atoms with Gasteiger partial charge in [-0.3, -0.25) is 0 Å². The molecule has 0 aliphatic heterocycles. The Morgan fingerprint density at radius 3 is 0.867 bits per heavy atom. The molecule has 13 aromatic rings. The average molecular weight is 1170 g/mol. The van der Waals surface area contributed by atoms with Crippen molar-refractivity contribution in [2.45, 2.75) is 105 Å². The quantitative estimate of drug-likeness (QED) is 0.149. The van der Waals surface area contributed by atoms with E-state index in [0.29, 0.717) is 34.2 Å². The summed E-state index contributed by atoms with van der Waals surface area (Å²) in [5.41, 5.74) is 19.8. The zero-order valence-electron chi connectivity index (χ0n) is 53.2. The van der Waals surface area contributed by atoms with Crippen LogP contribution in [0.5, 0.6) is 0 Å². The molecule has 438 valence electrons. The van der Waals surface area contributed by atoms with E-state index in [1.54, 1.807) is 0 Å². The number of hydrogen-bond donors (Lipinski definition) is 0. The third kappa shape index (κ3) is 10.7. The van der Waals surface area contributed by atoms with Gasteiger partial charge in [0.05, 0.1) is 68.3 Å². The highest BCUT2D eigenvalue weighted by atomic mass is 15.1. The van der Waals surface area contributed by atoms with Gasteiger partial charge in [-0.15, -0.1) is 0 Å². The molecule has 10 aromatic carbocycles. The fraction of sp³-hybridized carbons (Fsp3) is 0.195. The molecule has 3 aromatic heterocycles. The van der Waals surface area contributed by atoms with Crippen LogP contribution in [0.1, 0.15) is 122 Å². The van der Waals surface area contributed by atoms with Crippen molar-refractivity contribution in [3.63, 3.8) is 0 Å². The first-order valence-corrected chi connectivity index (χ1v) is 30.8. The molecule has 0 atom stereocenters. The maximum atomic E-state index is 10.2. The Bertz CT molecular complexity index is 4800. The van der Waals surface area contributed by atoms with E-state index in [9.17, 15) is 15.8 Å². The lowest BCUT2D eigenvalue weighted by atomic mass is 9.85. The summed E-state index contributed by atoms with van der Waals surface area (Å²) in [4.78, 5) is 16.9. The summed E-state index contributed by atoms with van der Waals surface area (Å²) in [5.74, 6) is 1.37. The summed E-state index contributed by atoms with van der Waals surface area (Å²) in [6.45, 7) is 27.1. The van der Waals surface area contributed by atoms with E-state index in [2.05, 4.69) is 244 Å². The van der Waals surface area contributed by atoms with Crippen molar-refractivity contribution < 1.29 is 0 Å². The van der Waals surface area contributed by atoms with Crippen LogP contribution < -0.4 is 0 Å². The summed E-state index contributed by atoms with van der Waals surface area (Å²) in [5, 5.41) is 35.0. The van der Waals surface area contributed by atoms with Gasteiger partial charge < -0.3 is 9.13 Å². The molecule has 13 rings (SSSR count). The van der Waals surface area contributed by atoms with Crippen molar-refractivity contribution in [1.82, 2.24) is 24.1 Å². The Balaban J connectivity index is 1.15. The SMILES string of the molecule is CC(C)(C)c1ccc2c(c1)c1cc(C(C)(C)C)ccc1n2-c1cc(-c2cccc(C#N)c2)ccc1-c1nc(-c2cccc(-c3cccc(C#N)c3)c2)nc(-c2ccc(-c3cccc(C#N)c3)cc2-n2c3ccc(C(C)(C)C)cc3c3cc(C(C)(C)C)ccc32)n1. The number of rotatable bonds is 8. The zero-order chi connectivity index (χ0) is 63.2. The number of benzene rings is 10. The Hall–Kier alpha value is -10.7. The fourth-order valence-corrected chi connectivity index (χ4v) is 12.5. The molecule has 0 fully saturated rings. The standard InChI is InChI=1S/C82H70N8/c1-79(2,3)60-27-33-70-66(43-60)67-44-61(80(4,5)6)28-34-71(67)89(70)74-41-57(54-21-14-18-51(38-54)48-84)25-31-64(74)77-86-76(59-24-16-23-56(40-59)53-20-13-17-50(37-53)47-83)87-78(88-77)65-32-26-58(55-22-15-19-52(39-55)49-85)42-75(65)90-72-35-29-62(81(7,8)9)45-68(72)69-46-63(82(10,11)12)30-36-73(69)90/h13-46H,1-12H3. The number of hydrogen-bond acceptors (Lipinski definition) is 6. The van der Waals surface area contributed by atoms with Gasteiger partial charge in [0.15, 0.2) is 17.5 Å². The van der Waals surface area contributed by atoms with Gasteiger partial charge in [-0.1, -0.05) is 174 Å². The molecule has 8 nitrogen and oxygen atoms in total. The minimum Gasteiger partial charge on any atom is -0.308 e. The van der Waals surface area contributed by atoms with Gasteiger partial charge in [-0.25, -0.2) is 15.0 Å². The monoisotopic (exact) mass is 1170 g/mol. The summed E-state index contributed by atoms with van der Waals surface area (Å²) < 4.78 is 4.74. The second-order valence-corrected chi connectivity index (χ2v) is 28.0. The van der Waals surface area contributed by atoms with Crippen molar-refractivity contribution in [1.29, 1.82) is 15.8 Å². The van der Waals surface area contributed by atoms with E-state index in [-0.39, 0.29) is 21.7 Å². The molecule has 0 unspecified atom stereocenters. The molecule has 3 heterocycles. The minimum atomic E-state index is -0.115. The fourth-order valence-electron chi connectivity index (χ4n) is 12.5. The third-order valence-electron chi connectivity index (χ3n) is 17.7. The topological polar surface area (TPSA) is 120 Å². The molecule has 0 saturated heterocycles. The smallest absolute Gasteiger partial charge is 0.166 e. The van der Waals surface area contributed by atoms with Gasteiger partial charge in [0, 0.05) is 38.2 Å². The van der Waals surface area contributed by atoms with Crippen molar-refractivity contribution in [2.24, 2.45) is 0 Å². The van der Waals surface area contributed by atoms with E-state index in [1.165, 1.54) is 22.3 Å². The minimum absolute atomic E-state index is 0.115. The Morgan fingerprint density at radius 1 is 0.278 bits per heavy atom. The maximum absolute atomic E-state index is 10.2. The van der Waals surface area contributed by atoms with Crippen molar-refractivity contribution in [3.05, 3.63) is 245 Å². The molecule has 0 amide bonds. The molecule has 0 aliphatic rings. The highest BCUT2D eigenvalue weighted by molar-refractivity contribution is 6.12. The lowest BCUT2D eigenvalue weighted by Crippen LogP contribution is -2.10. The first-order chi connectivity index (χ1) is 42.9. The van der Waals surface area contributed by atoms with Crippen LogP contribution in [0.3, 0.4) is 0 Å². The molecular weight excluding hydrogens is 1100 g/mol. The van der Waals surface area contributed by atoms with Gasteiger partial charge in [0.1, 0.15) is 0 Å². The number of nitriles is 3. The molecule has 0 bridgehead atoms. The molecular formula is C82H70N8. The van der Waals surface area contributed by atoms with Crippen LogP contribution in [0.25, 0.3) is 123 Å². The molecule has 8 heteroatoms. The Morgan fingerprint density at radius 2 is 0.556 bits per heavy atom. The summed E-state index contributed by atoms with van der Waals surface area (Å²) in [7, 11) is 0. The Kier molecular flexibility index (Phi) is 14.2. The lowest BCUT2D eigenvalue weighted by Gasteiger charge is -2.20. The molecule has 0 N–H and O–H groups in total. The van der Waals surface area contributed by atoms with Gasteiger partial charge in [0.2, 0.25) is 0 Å². The van der Waals surface area contributed by atoms with Crippen LogP contribution in [-0.4, -0.2) is 24.1 Å². The Labute approximate surface area is 527 Å². The summed E-state index contributed by atoms with van der Waals surface area (Å²) in [6, 6.07) is 78.9. The summed E-state index contributed by atoms with van der Waals surface area (Å²) in [6.07, 6.45) is 0. The van der Waals surface area contributed by atoms with Crippen molar-refractivity contribution >= 4 is 43.6 Å². The van der Waals surface area contributed by atoms with E-state index in [1.807, 2.05) is 72.8 Å². The normalized spacial score (nSPS) is 12.2. The first-order valence-electron chi connectivity index (χ1n) is 30.8. The molecule has 90 heavy (non-hydrogen) atoms. The van der Waals surface area contributed by atoms with E-state index in [4.69, 9.17) is 15.0 Å². The maximum Gasteiger partial charge on any atom is 0.166 e. The largest absolute Gasteiger partial charge is 0.308 e. The van der Waals surface area contributed by atoms with Gasteiger partial charge in [0.25, 0.3) is 0 Å². The van der Waals surface area contributed by atoms with Crippen LogP contribution in [-0.2, 0) is 21.7 Å². The van der Waals surface area contributed by atoms with Gasteiger partial charge in [-0.2, -0.15) is 15.8 Å². The summed E-state index contributed by atoms with van der Waals surface area (Å²) >= 11 is 0. The van der Waals surface area contributed by atoms with Crippen LogP contribution in [0, 0.1) is 34.0 Å². The zero-order valence-corrected chi connectivity index (χ0v) is 53.2. The predicted octanol–water partition coefficient (Wildman–Crippen LogP) is 20.9. The highest BCUT2D eigenvalue weighted by Crippen LogP contribution is 2.45. The second-order valence-electron chi connectivity index (χ2n) is 28.0.